The van der Waals surface area contributed by atoms with E-state index < -0.39 is 0 Å². The summed E-state index contributed by atoms with van der Waals surface area (Å²) in [5.74, 6) is 0.836. The van der Waals surface area contributed by atoms with Crippen molar-refractivity contribution < 1.29 is 0 Å². The van der Waals surface area contributed by atoms with Crippen molar-refractivity contribution in [1.82, 2.24) is 24.6 Å². The summed E-state index contributed by atoms with van der Waals surface area (Å²) in [4.78, 5) is 4.57. The van der Waals surface area contributed by atoms with E-state index in [1.54, 1.807) is 6.33 Å². The van der Waals surface area contributed by atoms with E-state index in [4.69, 9.17) is 5.26 Å². The van der Waals surface area contributed by atoms with Gasteiger partial charge in [0, 0.05) is 30.0 Å². The smallest absolute Gasteiger partial charge is 0.179 e. The Labute approximate surface area is 186 Å². The van der Waals surface area contributed by atoms with E-state index in [2.05, 4.69) is 61.8 Å². The molecule has 0 saturated carbocycles. The maximum Gasteiger partial charge on any atom is 0.179 e. The number of piperidine rings is 1. The first kappa shape index (κ1) is 18.8. The maximum absolute atomic E-state index is 9.09. The molecule has 2 aromatic carbocycles. The highest BCUT2D eigenvalue weighted by molar-refractivity contribution is 5.72. The summed E-state index contributed by atoms with van der Waals surface area (Å²) in [6.45, 7) is 2.87. The number of anilines is 1. The lowest BCUT2D eigenvalue weighted by atomic mass is 10.1. The monoisotopic (exact) mass is 421 g/mol. The van der Waals surface area contributed by atoms with E-state index in [1.807, 2.05) is 28.9 Å². The standard InChI is InChI=1S/C25H23N7/c26-13-17-1-3-18(4-2-17)19-12-24-25-28-16-29-32(25)23-6-5-22(11-20(23)15-31(24)14-19)30-21-7-9-27-10-8-21/h1-6,11-12,14,16,21,27,30H,7-10,15H2. The summed E-state index contributed by atoms with van der Waals surface area (Å²) in [6.07, 6.45) is 6.06. The van der Waals surface area contributed by atoms with Crippen LogP contribution < -0.4 is 10.6 Å². The number of hydrogen-bond acceptors (Lipinski definition) is 5. The molecule has 6 rings (SSSR count). The minimum Gasteiger partial charge on any atom is -0.382 e. The SMILES string of the molecule is N#Cc1ccc(-c2cc3n(c2)Cc2cc(NC4CCNCC4)ccc2-n2ncnc2-3)cc1. The molecule has 2 N–H and O–H groups in total. The Morgan fingerprint density at radius 1 is 1.03 bits per heavy atom. The van der Waals surface area contributed by atoms with Gasteiger partial charge in [0.15, 0.2) is 5.82 Å². The summed E-state index contributed by atoms with van der Waals surface area (Å²) >= 11 is 0. The molecule has 0 atom stereocenters. The van der Waals surface area contributed by atoms with Crippen LogP contribution in [-0.4, -0.2) is 38.5 Å². The van der Waals surface area contributed by atoms with Crippen molar-refractivity contribution in [3.8, 4) is 34.4 Å². The normalized spacial score (nSPS) is 15.2. The molecule has 0 spiro atoms. The van der Waals surface area contributed by atoms with Gasteiger partial charge in [-0.05, 0) is 73.5 Å². The second-order valence-electron chi connectivity index (χ2n) is 8.44. The summed E-state index contributed by atoms with van der Waals surface area (Å²) < 4.78 is 4.18. The molecule has 32 heavy (non-hydrogen) atoms. The van der Waals surface area contributed by atoms with E-state index in [0.29, 0.717) is 11.6 Å². The van der Waals surface area contributed by atoms with Gasteiger partial charge in [-0.2, -0.15) is 10.4 Å². The van der Waals surface area contributed by atoms with Crippen LogP contribution in [0, 0.1) is 11.3 Å². The zero-order valence-electron chi connectivity index (χ0n) is 17.6. The highest BCUT2D eigenvalue weighted by atomic mass is 15.4. The molecule has 7 nitrogen and oxygen atoms in total. The second-order valence-corrected chi connectivity index (χ2v) is 8.44. The van der Waals surface area contributed by atoms with Crippen LogP contribution in [-0.2, 0) is 6.54 Å². The van der Waals surface area contributed by atoms with E-state index >= 15 is 0 Å². The third kappa shape index (κ3) is 3.26. The van der Waals surface area contributed by atoms with Crippen LogP contribution in [0.5, 0.6) is 0 Å². The van der Waals surface area contributed by atoms with Gasteiger partial charge in [0.05, 0.1) is 23.0 Å². The predicted octanol–water partition coefficient (Wildman–Crippen LogP) is 3.80. The van der Waals surface area contributed by atoms with Crippen molar-refractivity contribution in [2.75, 3.05) is 18.4 Å². The lowest BCUT2D eigenvalue weighted by Gasteiger charge is -2.25. The van der Waals surface area contributed by atoms with Gasteiger partial charge >= 0.3 is 0 Å². The van der Waals surface area contributed by atoms with Crippen LogP contribution in [0.4, 0.5) is 5.69 Å². The first-order valence-electron chi connectivity index (χ1n) is 11.0. The third-order valence-corrected chi connectivity index (χ3v) is 6.38. The molecule has 1 saturated heterocycles. The summed E-state index contributed by atoms with van der Waals surface area (Å²) in [5.41, 5.74) is 7.31. The average molecular weight is 422 g/mol. The topological polar surface area (TPSA) is 83.5 Å². The van der Waals surface area contributed by atoms with Crippen molar-refractivity contribution in [3.63, 3.8) is 0 Å². The largest absolute Gasteiger partial charge is 0.382 e. The number of nitriles is 1. The quantitative estimate of drug-likeness (QED) is 0.463. The van der Waals surface area contributed by atoms with Crippen molar-refractivity contribution in [1.29, 1.82) is 5.26 Å². The van der Waals surface area contributed by atoms with Gasteiger partial charge in [-0.3, -0.25) is 0 Å². The number of nitrogens with zero attached hydrogens (tertiary/aromatic N) is 5. The fraction of sp³-hybridized carbons (Fsp3) is 0.240. The molecule has 2 aliphatic rings. The fourth-order valence-electron chi connectivity index (χ4n) is 4.71. The number of fused-ring (bicyclic) bond motifs is 5. The van der Waals surface area contributed by atoms with Crippen molar-refractivity contribution in [3.05, 3.63) is 72.2 Å². The van der Waals surface area contributed by atoms with Gasteiger partial charge in [-0.25, -0.2) is 9.67 Å². The lowest BCUT2D eigenvalue weighted by molar-refractivity contribution is 0.479. The lowest BCUT2D eigenvalue weighted by Crippen LogP contribution is -2.35. The summed E-state index contributed by atoms with van der Waals surface area (Å²) in [7, 11) is 0. The molecule has 0 radical (unpaired) electrons. The Hall–Kier alpha value is -3.89. The number of nitrogens with one attached hydrogen (secondary N) is 2. The summed E-state index contributed by atoms with van der Waals surface area (Å²) in [6, 6.07) is 19.1. The van der Waals surface area contributed by atoms with Gasteiger partial charge in [-0.1, -0.05) is 12.1 Å². The summed E-state index contributed by atoms with van der Waals surface area (Å²) in [5, 5.41) is 20.8. The van der Waals surface area contributed by atoms with Crippen molar-refractivity contribution in [2.45, 2.75) is 25.4 Å². The van der Waals surface area contributed by atoms with Crippen LogP contribution in [0.15, 0.2) is 61.1 Å². The highest BCUT2D eigenvalue weighted by Crippen LogP contribution is 2.34. The molecular formula is C25H23N7. The molecule has 0 amide bonds. The molecule has 0 aliphatic carbocycles. The molecule has 2 aromatic heterocycles. The molecule has 2 aliphatic heterocycles. The highest BCUT2D eigenvalue weighted by Gasteiger charge is 2.23. The molecule has 7 heteroatoms. The van der Waals surface area contributed by atoms with Crippen molar-refractivity contribution in [2.24, 2.45) is 0 Å². The van der Waals surface area contributed by atoms with E-state index in [1.165, 1.54) is 5.56 Å². The molecule has 1 fully saturated rings. The zero-order chi connectivity index (χ0) is 21.5. The Kier molecular flexibility index (Phi) is 4.51. The van der Waals surface area contributed by atoms with Crippen LogP contribution in [0.3, 0.4) is 0 Å². The van der Waals surface area contributed by atoms with Crippen LogP contribution in [0.1, 0.15) is 24.0 Å². The van der Waals surface area contributed by atoms with Crippen LogP contribution >= 0.6 is 0 Å². The van der Waals surface area contributed by atoms with E-state index in [9.17, 15) is 0 Å². The number of rotatable bonds is 3. The fourth-order valence-corrected chi connectivity index (χ4v) is 4.71. The van der Waals surface area contributed by atoms with Crippen LogP contribution in [0.2, 0.25) is 0 Å². The predicted molar refractivity (Wildman–Crippen MR) is 124 cm³/mol. The number of benzene rings is 2. The first-order valence-corrected chi connectivity index (χ1v) is 11.0. The van der Waals surface area contributed by atoms with Gasteiger partial charge < -0.3 is 15.2 Å². The maximum atomic E-state index is 9.09. The second kappa shape index (κ2) is 7.66. The molecule has 158 valence electrons. The average Bonchev–Trinajstić information content (AvgIpc) is 3.45. The minimum absolute atomic E-state index is 0.507. The Morgan fingerprint density at radius 3 is 2.69 bits per heavy atom. The Balaban J connectivity index is 1.39. The van der Waals surface area contributed by atoms with Crippen LogP contribution in [0.25, 0.3) is 28.3 Å². The first-order chi connectivity index (χ1) is 15.8. The Morgan fingerprint density at radius 2 is 1.88 bits per heavy atom. The molecular weight excluding hydrogens is 398 g/mol. The van der Waals surface area contributed by atoms with Gasteiger partial charge in [0.2, 0.25) is 0 Å². The number of aromatic nitrogens is 4. The van der Waals surface area contributed by atoms with E-state index in [0.717, 1.165) is 66.5 Å². The zero-order valence-corrected chi connectivity index (χ0v) is 17.6. The molecule has 0 unspecified atom stereocenters. The third-order valence-electron chi connectivity index (χ3n) is 6.38. The van der Waals surface area contributed by atoms with Gasteiger partial charge in [-0.15, -0.1) is 0 Å². The van der Waals surface area contributed by atoms with Gasteiger partial charge in [0.25, 0.3) is 0 Å². The minimum atomic E-state index is 0.507. The van der Waals surface area contributed by atoms with E-state index in [-0.39, 0.29) is 0 Å². The Bertz CT molecular complexity index is 1320. The molecule has 4 heterocycles. The number of hydrogen-bond donors (Lipinski definition) is 2. The molecule has 4 aromatic rings. The molecule has 0 bridgehead atoms. The van der Waals surface area contributed by atoms with Gasteiger partial charge in [0.1, 0.15) is 6.33 Å². The van der Waals surface area contributed by atoms with Crippen molar-refractivity contribution >= 4 is 5.69 Å².